The molecular weight excluding hydrogens is 238 g/mol. The van der Waals surface area contributed by atoms with Gasteiger partial charge in [0, 0.05) is 18.5 Å². The summed E-state index contributed by atoms with van der Waals surface area (Å²) in [5, 5.41) is 0. The lowest BCUT2D eigenvalue weighted by atomic mass is 9.79. The van der Waals surface area contributed by atoms with Crippen LogP contribution in [0.2, 0.25) is 0 Å². The molecule has 1 saturated heterocycles. The Bertz CT molecular complexity index is 483. The van der Waals surface area contributed by atoms with Crippen LogP contribution in [0.25, 0.3) is 0 Å². The maximum absolute atomic E-state index is 12.1. The third-order valence-electron chi connectivity index (χ3n) is 4.22. The van der Waals surface area contributed by atoms with Gasteiger partial charge in [-0.2, -0.15) is 0 Å². The zero-order valence-corrected chi connectivity index (χ0v) is 11.2. The predicted molar refractivity (Wildman–Crippen MR) is 73.4 cm³/mol. The molecule has 100 valence electrons. The van der Waals surface area contributed by atoms with Crippen molar-refractivity contribution < 1.29 is 9.53 Å². The molecule has 1 aromatic carbocycles. The summed E-state index contributed by atoms with van der Waals surface area (Å²) in [7, 11) is 1.48. The van der Waals surface area contributed by atoms with Gasteiger partial charge in [0.15, 0.2) is 0 Å². The van der Waals surface area contributed by atoms with Gasteiger partial charge in [-0.15, -0.1) is 0 Å². The van der Waals surface area contributed by atoms with Crippen LogP contribution in [0.3, 0.4) is 0 Å². The highest BCUT2D eigenvalue weighted by Gasteiger charge is 2.43. The van der Waals surface area contributed by atoms with E-state index in [1.54, 1.807) is 0 Å². The molecule has 4 rings (SSSR count). The van der Waals surface area contributed by atoms with Crippen molar-refractivity contribution >= 4 is 5.97 Å². The third-order valence-corrected chi connectivity index (χ3v) is 4.22. The van der Waals surface area contributed by atoms with Crippen molar-refractivity contribution in [3.8, 4) is 0 Å². The van der Waals surface area contributed by atoms with E-state index in [0.717, 1.165) is 19.4 Å². The quantitative estimate of drug-likeness (QED) is 0.615. The predicted octanol–water partition coefficient (Wildman–Crippen LogP) is 2.38. The first-order valence-corrected chi connectivity index (χ1v) is 6.85. The SMILES string of the molecule is COC(=O)C1C2C=CC(CC2)N1Cc1ccccc1. The van der Waals surface area contributed by atoms with Gasteiger partial charge >= 0.3 is 5.97 Å². The fraction of sp³-hybridized carbons (Fsp3) is 0.438. The summed E-state index contributed by atoms with van der Waals surface area (Å²) in [6, 6.07) is 10.6. The molecular formula is C16H19NO2. The molecule has 3 aliphatic rings. The molecule has 2 bridgehead atoms. The molecule has 0 N–H and O–H groups in total. The molecule has 1 fully saturated rings. The van der Waals surface area contributed by atoms with Gasteiger partial charge in [0.05, 0.1) is 7.11 Å². The monoisotopic (exact) mass is 257 g/mol. The van der Waals surface area contributed by atoms with Crippen LogP contribution < -0.4 is 0 Å². The number of piperidine rings is 1. The van der Waals surface area contributed by atoms with E-state index in [1.807, 2.05) is 18.2 Å². The van der Waals surface area contributed by atoms with Crippen LogP contribution in [0.4, 0.5) is 0 Å². The normalized spacial score (nSPS) is 29.4. The van der Waals surface area contributed by atoms with Gasteiger partial charge in [-0.3, -0.25) is 9.69 Å². The van der Waals surface area contributed by atoms with Crippen LogP contribution in [0, 0.1) is 5.92 Å². The Morgan fingerprint density at radius 3 is 2.68 bits per heavy atom. The topological polar surface area (TPSA) is 29.5 Å². The van der Waals surface area contributed by atoms with E-state index in [9.17, 15) is 4.79 Å². The Kier molecular flexibility index (Phi) is 3.38. The van der Waals surface area contributed by atoms with Gasteiger partial charge in [-0.1, -0.05) is 42.5 Å². The van der Waals surface area contributed by atoms with E-state index in [-0.39, 0.29) is 12.0 Å². The minimum atomic E-state index is -0.117. The van der Waals surface area contributed by atoms with E-state index in [1.165, 1.54) is 12.7 Å². The van der Waals surface area contributed by atoms with Crippen molar-refractivity contribution in [2.45, 2.75) is 31.5 Å². The van der Waals surface area contributed by atoms with Gasteiger partial charge in [-0.25, -0.2) is 0 Å². The van der Waals surface area contributed by atoms with Gasteiger partial charge in [0.1, 0.15) is 6.04 Å². The van der Waals surface area contributed by atoms with E-state index in [2.05, 4.69) is 29.2 Å². The molecule has 3 unspecified atom stereocenters. The molecule has 0 amide bonds. The minimum Gasteiger partial charge on any atom is -0.468 e. The molecule has 2 aliphatic heterocycles. The Morgan fingerprint density at radius 2 is 2.05 bits per heavy atom. The van der Waals surface area contributed by atoms with Gasteiger partial charge < -0.3 is 4.74 Å². The molecule has 1 aliphatic carbocycles. The molecule has 1 aromatic rings. The van der Waals surface area contributed by atoms with Crippen LogP contribution in [0.1, 0.15) is 18.4 Å². The lowest BCUT2D eigenvalue weighted by Gasteiger charge is -2.46. The average molecular weight is 257 g/mol. The molecule has 0 radical (unpaired) electrons. The van der Waals surface area contributed by atoms with Gasteiger partial charge in [-0.05, 0) is 18.4 Å². The number of carbonyl (C=O) groups excluding carboxylic acids is 1. The highest BCUT2D eigenvalue weighted by molar-refractivity contribution is 5.77. The summed E-state index contributed by atoms with van der Waals surface area (Å²) in [5.41, 5.74) is 1.25. The second kappa shape index (κ2) is 5.17. The number of benzene rings is 1. The van der Waals surface area contributed by atoms with Crippen LogP contribution in [0.15, 0.2) is 42.5 Å². The summed E-state index contributed by atoms with van der Waals surface area (Å²) in [5.74, 6) is 0.205. The molecule has 3 heteroatoms. The summed E-state index contributed by atoms with van der Waals surface area (Å²) in [6.45, 7) is 0.812. The van der Waals surface area contributed by atoms with E-state index in [4.69, 9.17) is 4.74 Å². The van der Waals surface area contributed by atoms with Crippen LogP contribution >= 0.6 is 0 Å². The number of ether oxygens (including phenoxy) is 1. The number of hydrogen-bond donors (Lipinski definition) is 0. The first-order chi connectivity index (χ1) is 9.29. The Hall–Kier alpha value is -1.61. The smallest absolute Gasteiger partial charge is 0.323 e. The third kappa shape index (κ3) is 2.30. The summed E-state index contributed by atoms with van der Waals surface area (Å²) in [4.78, 5) is 14.3. The number of methoxy groups -OCH3 is 1. The van der Waals surface area contributed by atoms with E-state index < -0.39 is 0 Å². The molecule has 3 nitrogen and oxygen atoms in total. The van der Waals surface area contributed by atoms with Crippen LogP contribution in [0.5, 0.6) is 0 Å². The fourth-order valence-electron chi connectivity index (χ4n) is 3.26. The second-order valence-corrected chi connectivity index (χ2v) is 5.32. The molecule has 2 heterocycles. The number of hydrogen-bond acceptors (Lipinski definition) is 3. The van der Waals surface area contributed by atoms with Crippen molar-refractivity contribution in [3.05, 3.63) is 48.0 Å². The van der Waals surface area contributed by atoms with E-state index in [0.29, 0.717) is 12.0 Å². The first-order valence-electron chi connectivity index (χ1n) is 6.85. The molecule has 19 heavy (non-hydrogen) atoms. The summed E-state index contributed by atoms with van der Waals surface area (Å²) < 4.78 is 5.00. The summed E-state index contributed by atoms with van der Waals surface area (Å²) >= 11 is 0. The van der Waals surface area contributed by atoms with Crippen molar-refractivity contribution in [1.82, 2.24) is 4.90 Å². The highest BCUT2D eigenvalue weighted by atomic mass is 16.5. The highest BCUT2D eigenvalue weighted by Crippen LogP contribution is 2.36. The molecule has 0 aromatic heterocycles. The Morgan fingerprint density at radius 1 is 1.26 bits per heavy atom. The number of nitrogens with zero attached hydrogens (tertiary/aromatic N) is 1. The minimum absolute atomic E-state index is 0.102. The fourth-order valence-corrected chi connectivity index (χ4v) is 3.26. The van der Waals surface area contributed by atoms with E-state index >= 15 is 0 Å². The standard InChI is InChI=1S/C16H19NO2/c1-19-16(18)15-13-7-9-14(10-8-13)17(15)11-12-5-3-2-4-6-12/h2-7,9,13-15H,8,10-11H2,1H3. The van der Waals surface area contributed by atoms with Crippen molar-refractivity contribution in [3.63, 3.8) is 0 Å². The van der Waals surface area contributed by atoms with Gasteiger partial charge in [0.25, 0.3) is 0 Å². The molecule has 3 atom stereocenters. The van der Waals surface area contributed by atoms with Crippen LogP contribution in [-0.2, 0) is 16.1 Å². The maximum Gasteiger partial charge on any atom is 0.323 e. The van der Waals surface area contributed by atoms with Crippen molar-refractivity contribution in [1.29, 1.82) is 0 Å². The number of esters is 1. The summed E-state index contributed by atoms with van der Waals surface area (Å²) in [6.07, 6.45) is 6.67. The lowest BCUT2D eigenvalue weighted by molar-refractivity contribution is -0.152. The average Bonchev–Trinajstić information content (AvgIpc) is 2.49. The number of fused-ring (bicyclic) bond motifs is 2. The second-order valence-electron chi connectivity index (χ2n) is 5.32. The first kappa shape index (κ1) is 12.4. The number of rotatable bonds is 3. The number of carbonyl (C=O) groups is 1. The zero-order chi connectivity index (χ0) is 13.2. The van der Waals surface area contributed by atoms with Crippen molar-refractivity contribution in [2.24, 2.45) is 5.92 Å². The Labute approximate surface area is 113 Å². The van der Waals surface area contributed by atoms with Crippen LogP contribution in [-0.4, -0.2) is 30.1 Å². The largest absolute Gasteiger partial charge is 0.468 e. The van der Waals surface area contributed by atoms with Gasteiger partial charge in [0.2, 0.25) is 0 Å². The lowest BCUT2D eigenvalue weighted by Crippen LogP contribution is -2.56. The molecule has 0 saturated carbocycles. The maximum atomic E-state index is 12.1. The zero-order valence-electron chi connectivity index (χ0n) is 11.2. The van der Waals surface area contributed by atoms with Crippen molar-refractivity contribution in [2.75, 3.05) is 7.11 Å². The molecule has 0 spiro atoms. The Balaban J connectivity index is 1.85.